The number of benzene rings is 2. The van der Waals surface area contributed by atoms with Crippen molar-refractivity contribution in [1.82, 2.24) is 4.31 Å². The van der Waals surface area contributed by atoms with Gasteiger partial charge in [-0.3, -0.25) is 4.79 Å². The van der Waals surface area contributed by atoms with Gasteiger partial charge >= 0.3 is 5.97 Å². The normalized spacial score (nSPS) is 19.7. The van der Waals surface area contributed by atoms with Crippen molar-refractivity contribution in [3.8, 4) is 0 Å². The lowest BCUT2D eigenvalue weighted by molar-refractivity contribution is -0.0440. The Bertz CT molecular complexity index is 1080. The molecule has 2 aromatic rings. The molecular weight excluding hydrogens is 432 g/mol. The van der Waals surface area contributed by atoms with Crippen LogP contribution in [-0.2, 0) is 19.5 Å². The molecule has 1 aliphatic rings. The second-order valence-corrected chi connectivity index (χ2v) is 9.17. The maximum absolute atomic E-state index is 13.2. The molecule has 10 heteroatoms. The molecule has 0 aromatic heterocycles. The molecule has 166 valence electrons. The van der Waals surface area contributed by atoms with E-state index in [0.717, 1.165) is 18.2 Å². The van der Waals surface area contributed by atoms with E-state index in [4.69, 9.17) is 9.47 Å². The van der Waals surface area contributed by atoms with E-state index in [1.54, 1.807) is 13.8 Å². The molecule has 1 aliphatic heterocycles. The fourth-order valence-corrected chi connectivity index (χ4v) is 4.80. The van der Waals surface area contributed by atoms with Crippen LogP contribution in [0.1, 0.15) is 34.6 Å². The molecule has 0 saturated carbocycles. The van der Waals surface area contributed by atoms with Gasteiger partial charge in [-0.25, -0.2) is 22.0 Å². The van der Waals surface area contributed by atoms with Crippen LogP contribution in [0.25, 0.3) is 0 Å². The molecule has 2 unspecified atom stereocenters. The summed E-state index contributed by atoms with van der Waals surface area (Å²) in [6.07, 6.45) is -0.472. The van der Waals surface area contributed by atoms with Crippen LogP contribution in [0.2, 0.25) is 0 Å². The maximum Gasteiger partial charge on any atom is 0.338 e. The SMILES string of the molecule is CC1CN(S(=O)(=O)c2ccc(C(=O)OCC(=O)c3ccc(F)c(F)c3)cc2)CC(C)O1. The zero-order valence-electron chi connectivity index (χ0n) is 16.9. The minimum absolute atomic E-state index is 0.0169. The number of morpholine rings is 1. The molecular formula is C21H21F2NO6S. The zero-order chi connectivity index (χ0) is 22.8. The van der Waals surface area contributed by atoms with Gasteiger partial charge in [0, 0.05) is 18.7 Å². The van der Waals surface area contributed by atoms with Crippen LogP contribution in [-0.4, -0.2) is 56.4 Å². The van der Waals surface area contributed by atoms with Crippen molar-refractivity contribution in [1.29, 1.82) is 0 Å². The van der Waals surface area contributed by atoms with E-state index in [-0.39, 0.29) is 41.3 Å². The number of ketones is 1. The Hall–Kier alpha value is -2.69. The molecule has 7 nitrogen and oxygen atoms in total. The number of carbonyl (C=O) groups excluding carboxylic acids is 2. The van der Waals surface area contributed by atoms with Crippen molar-refractivity contribution in [3.63, 3.8) is 0 Å². The molecule has 3 rings (SSSR count). The Morgan fingerprint density at radius 3 is 2.16 bits per heavy atom. The van der Waals surface area contributed by atoms with Crippen molar-refractivity contribution in [3.05, 3.63) is 65.2 Å². The van der Waals surface area contributed by atoms with Gasteiger partial charge < -0.3 is 9.47 Å². The summed E-state index contributed by atoms with van der Waals surface area (Å²) in [5.74, 6) is -3.84. The first kappa shape index (κ1) is 23.0. The summed E-state index contributed by atoms with van der Waals surface area (Å²) in [4.78, 5) is 24.2. The number of Topliss-reactive ketones (excluding diaryl/α,β-unsaturated/α-hetero) is 1. The monoisotopic (exact) mass is 453 g/mol. The molecule has 0 radical (unpaired) electrons. The van der Waals surface area contributed by atoms with Gasteiger partial charge in [0.2, 0.25) is 10.0 Å². The van der Waals surface area contributed by atoms with E-state index in [9.17, 15) is 26.8 Å². The summed E-state index contributed by atoms with van der Waals surface area (Å²) in [7, 11) is -3.76. The lowest BCUT2D eigenvalue weighted by atomic mass is 10.1. The molecule has 1 fully saturated rings. The zero-order valence-corrected chi connectivity index (χ0v) is 17.7. The van der Waals surface area contributed by atoms with Crippen molar-refractivity contribution in [2.45, 2.75) is 31.0 Å². The molecule has 0 bridgehead atoms. The smallest absolute Gasteiger partial charge is 0.338 e. The summed E-state index contributed by atoms with van der Waals surface area (Å²) in [5, 5.41) is 0. The summed E-state index contributed by atoms with van der Waals surface area (Å²) < 4.78 is 63.6. The van der Waals surface area contributed by atoms with Crippen molar-refractivity contribution in [2.75, 3.05) is 19.7 Å². The topological polar surface area (TPSA) is 90.0 Å². The van der Waals surface area contributed by atoms with Gasteiger partial charge in [-0.15, -0.1) is 0 Å². The first-order valence-electron chi connectivity index (χ1n) is 9.49. The number of hydrogen-bond acceptors (Lipinski definition) is 6. The van der Waals surface area contributed by atoms with Crippen LogP contribution >= 0.6 is 0 Å². The lowest BCUT2D eigenvalue weighted by Gasteiger charge is -2.34. The average molecular weight is 453 g/mol. The maximum atomic E-state index is 13.2. The first-order valence-corrected chi connectivity index (χ1v) is 10.9. The molecule has 0 amide bonds. The van der Waals surface area contributed by atoms with Gasteiger partial charge in [0.1, 0.15) is 0 Å². The van der Waals surface area contributed by atoms with Gasteiger partial charge in [-0.1, -0.05) is 0 Å². The number of halogens is 2. The highest BCUT2D eigenvalue weighted by Crippen LogP contribution is 2.21. The number of rotatable bonds is 6. The third kappa shape index (κ3) is 5.33. The summed E-state index contributed by atoms with van der Waals surface area (Å²) in [6, 6.07) is 7.75. The van der Waals surface area contributed by atoms with Crippen molar-refractivity contribution in [2.24, 2.45) is 0 Å². The number of sulfonamides is 1. The van der Waals surface area contributed by atoms with Gasteiger partial charge in [-0.05, 0) is 56.3 Å². The molecule has 31 heavy (non-hydrogen) atoms. The first-order chi connectivity index (χ1) is 14.6. The average Bonchev–Trinajstić information content (AvgIpc) is 2.73. The van der Waals surface area contributed by atoms with E-state index >= 15 is 0 Å². The van der Waals surface area contributed by atoms with Gasteiger partial charge in [0.25, 0.3) is 0 Å². The quantitative estimate of drug-likeness (QED) is 0.494. The highest BCUT2D eigenvalue weighted by Gasteiger charge is 2.32. The lowest BCUT2D eigenvalue weighted by Crippen LogP contribution is -2.48. The Labute approximate surface area is 178 Å². The van der Waals surface area contributed by atoms with E-state index in [1.165, 1.54) is 28.6 Å². The van der Waals surface area contributed by atoms with Crippen LogP contribution in [0.15, 0.2) is 47.4 Å². The second kappa shape index (κ2) is 9.21. The molecule has 1 saturated heterocycles. The minimum Gasteiger partial charge on any atom is -0.454 e. The number of hydrogen-bond donors (Lipinski definition) is 0. The number of carbonyl (C=O) groups is 2. The Morgan fingerprint density at radius 2 is 1.58 bits per heavy atom. The van der Waals surface area contributed by atoms with Crippen LogP contribution in [0.5, 0.6) is 0 Å². The van der Waals surface area contributed by atoms with Crippen molar-refractivity contribution < 1.29 is 36.3 Å². The minimum atomic E-state index is -3.76. The highest BCUT2D eigenvalue weighted by atomic mass is 32.2. The highest BCUT2D eigenvalue weighted by molar-refractivity contribution is 7.89. The molecule has 0 spiro atoms. The number of nitrogens with zero attached hydrogens (tertiary/aromatic N) is 1. The summed E-state index contributed by atoms with van der Waals surface area (Å²) >= 11 is 0. The Morgan fingerprint density at radius 1 is 1.00 bits per heavy atom. The van der Waals surface area contributed by atoms with E-state index in [1.807, 2.05) is 0 Å². The fraction of sp³-hybridized carbons (Fsp3) is 0.333. The van der Waals surface area contributed by atoms with Crippen molar-refractivity contribution >= 4 is 21.8 Å². The predicted octanol–water partition coefficient (Wildman–Crippen LogP) is 2.80. The summed E-state index contributed by atoms with van der Waals surface area (Å²) in [6.45, 7) is 3.36. The van der Waals surface area contributed by atoms with Crippen LogP contribution in [0.4, 0.5) is 8.78 Å². The van der Waals surface area contributed by atoms with E-state index < -0.39 is 40.0 Å². The number of ether oxygens (including phenoxy) is 2. The molecule has 2 aromatic carbocycles. The Kier molecular flexibility index (Phi) is 6.83. The second-order valence-electron chi connectivity index (χ2n) is 7.23. The molecule has 1 heterocycles. The standard InChI is InChI=1S/C21H21F2NO6S/c1-13-10-24(11-14(2)30-13)31(27,28)17-6-3-15(4-7-17)21(26)29-12-20(25)16-5-8-18(22)19(23)9-16/h3-9,13-14H,10-12H2,1-2H3. The predicted molar refractivity (Wildman–Crippen MR) is 106 cm³/mol. The van der Waals surface area contributed by atoms with Gasteiger partial charge in [0.15, 0.2) is 24.0 Å². The van der Waals surface area contributed by atoms with E-state index in [0.29, 0.717) is 0 Å². The number of esters is 1. The summed E-state index contributed by atoms with van der Waals surface area (Å²) in [5.41, 5.74) is -0.0946. The largest absolute Gasteiger partial charge is 0.454 e. The van der Waals surface area contributed by atoms with Crippen LogP contribution < -0.4 is 0 Å². The van der Waals surface area contributed by atoms with Gasteiger partial charge in [0.05, 0.1) is 22.7 Å². The molecule has 2 atom stereocenters. The third-order valence-corrected chi connectivity index (χ3v) is 6.54. The van der Waals surface area contributed by atoms with Crippen LogP contribution in [0, 0.1) is 11.6 Å². The van der Waals surface area contributed by atoms with Gasteiger partial charge in [-0.2, -0.15) is 4.31 Å². The fourth-order valence-electron chi connectivity index (χ4n) is 3.21. The third-order valence-electron chi connectivity index (χ3n) is 4.69. The van der Waals surface area contributed by atoms with Crippen LogP contribution in [0.3, 0.4) is 0 Å². The Balaban J connectivity index is 1.64. The van der Waals surface area contributed by atoms with E-state index in [2.05, 4.69) is 0 Å². The molecule has 0 aliphatic carbocycles. The molecule has 0 N–H and O–H groups in total.